The first-order valence-corrected chi connectivity index (χ1v) is 4.16. The van der Waals surface area contributed by atoms with Gasteiger partial charge in [-0.1, -0.05) is 13.3 Å². The van der Waals surface area contributed by atoms with Crippen molar-refractivity contribution in [3.63, 3.8) is 0 Å². The van der Waals surface area contributed by atoms with Gasteiger partial charge in [-0.05, 0) is 13.3 Å². The van der Waals surface area contributed by atoms with Gasteiger partial charge in [0.15, 0.2) is 0 Å². The van der Waals surface area contributed by atoms with E-state index in [1.807, 2.05) is 6.92 Å². The number of hydrogen-bond acceptors (Lipinski definition) is 8. The molecule has 2 atom stereocenters. The minimum Gasteiger partial charge on any atom is -0.266 e. The summed E-state index contributed by atoms with van der Waals surface area (Å²) in [5.74, 6) is 0. The quantitative estimate of drug-likeness (QED) is 0.454. The highest BCUT2D eigenvalue weighted by molar-refractivity contribution is 4.63. The standard InChI is InChI=1S/C6H16N2O6/c1-3-4-6(14-8(11)12)5(2)13-7(9)10/h5-6,9-12H,3-4H2,1-2H3/t5-,6-/m1/s1. The first-order valence-electron chi connectivity index (χ1n) is 4.16. The van der Waals surface area contributed by atoms with Crippen LogP contribution in [0.15, 0.2) is 0 Å². The first kappa shape index (κ1) is 13.7. The van der Waals surface area contributed by atoms with Crippen molar-refractivity contribution in [3.8, 4) is 0 Å². The normalized spacial score (nSPS) is 16.3. The van der Waals surface area contributed by atoms with Crippen LogP contribution in [0, 0.1) is 0 Å². The lowest BCUT2D eigenvalue weighted by Crippen LogP contribution is -2.37. The zero-order valence-corrected chi connectivity index (χ0v) is 8.07. The molecule has 0 spiro atoms. The molecule has 0 aliphatic carbocycles. The van der Waals surface area contributed by atoms with E-state index >= 15 is 0 Å². The first-order chi connectivity index (χ1) is 6.47. The number of nitrogens with zero attached hydrogens (tertiary/aromatic N) is 2. The van der Waals surface area contributed by atoms with E-state index in [0.29, 0.717) is 12.8 Å². The lowest BCUT2D eigenvalue weighted by Gasteiger charge is -2.24. The van der Waals surface area contributed by atoms with Crippen molar-refractivity contribution in [3.05, 3.63) is 0 Å². The van der Waals surface area contributed by atoms with Crippen LogP contribution in [0.2, 0.25) is 0 Å². The fourth-order valence-electron chi connectivity index (χ4n) is 0.995. The van der Waals surface area contributed by atoms with Crippen LogP contribution in [-0.2, 0) is 9.68 Å². The van der Waals surface area contributed by atoms with E-state index < -0.39 is 23.0 Å². The summed E-state index contributed by atoms with van der Waals surface area (Å²) in [6.45, 7) is 3.35. The molecule has 0 aromatic heterocycles. The summed E-state index contributed by atoms with van der Waals surface area (Å²) >= 11 is 0. The molecule has 8 nitrogen and oxygen atoms in total. The Kier molecular flexibility index (Phi) is 6.87. The van der Waals surface area contributed by atoms with Crippen molar-refractivity contribution in [2.45, 2.75) is 38.9 Å². The second-order valence-electron chi connectivity index (χ2n) is 2.75. The van der Waals surface area contributed by atoms with Gasteiger partial charge in [-0.2, -0.15) is 0 Å². The molecule has 0 fully saturated rings. The molecule has 4 N–H and O–H groups in total. The van der Waals surface area contributed by atoms with Crippen LogP contribution >= 0.6 is 0 Å². The Morgan fingerprint density at radius 1 is 1.07 bits per heavy atom. The fourth-order valence-corrected chi connectivity index (χ4v) is 0.995. The predicted molar refractivity (Wildman–Crippen MR) is 41.2 cm³/mol. The minimum atomic E-state index is -0.744. The average molecular weight is 212 g/mol. The van der Waals surface area contributed by atoms with E-state index in [9.17, 15) is 0 Å². The third-order valence-electron chi connectivity index (χ3n) is 1.59. The Morgan fingerprint density at radius 3 is 1.93 bits per heavy atom. The number of hydrogen-bond donors (Lipinski definition) is 4. The Hall–Kier alpha value is -0.320. The maximum Gasteiger partial charge on any atom is 0.112 e. The molecule has 0 bridgehead atoms. The molecule has 0 radical (unpaired) electrons. The molecule has 0 aliphatic rings. The van der Waals surface area contributed by atoms with Gasteiger partial charge in [0.2, 0.25) is 0 Å². The summed E-state index contributed by atoms with van der Waals surface area (Å²) in [6.07, 6.45) is -0.265. The smallest absolute Gasteiger partial charge is 0.112 e. The van der Waals surface area contributed by atoms with Gasteiger partial charge in [0.05, 0.1) is 10.8 Å². The van der Waals surface area contributed by atoms with Crippen LogP contribution in [0.5, 0.6) is 0 Å². The fraction of sp³-hybridized carbons (Fsp3) is 1.00. The molecule has 0 aliphatic heterocycles. The summed E-state index contributed by atoms with van der Waals surface area (Å²) in [5.41, 5.74) is 0. The molecular formula is C6H16N2O6. The summed E-state index contributed by atoms with van der Waals surface area (Å²) in [6, 6.07) is 0. The van der Waals surface area contributed by atoms with Gasteiger partial charge in [-0.3, -0.25) is 20.8 Å². The lowest BCUT2D eigenvalue weighted by atomic mass is 10.1. The van der Waals surface area contributed by atoms with Gasteiger partial charge >= 0.3 is 0 Å². The van der Waals surface area contributed by atoms with Crippen LogP contribution in [0.1, 0.15) is 26.7 Å². The monoisotopic (exact) mass is 212 g/mol. The molecule has 8 heteroatoms. The van der Waals surface area contributed by atoms with E-state index in [1.54, 1.807) is 0 Å². The predicted octanol–water partition coefficient (Wildman–Crippen LogP) is 0.568. The Balaban J connectivity index is 4.03. The molecule has 0 amide bonds. The Morgan fingerprint density at radius 2 is 1.57 bits per heavy atom. The van der Waals surface area contributed by atoms with E-state index in [1.165, 1.54) is 6.92 Å². The lowest BCUT2D eigenvalue weighted by molar-refractivity contribution is -0.537. The molecule has 86 valence electrons. The summed E-state index contributed by atoms with van der Waals surface area (Å²) in [4.78, 5) is 8.96. The largest absolute Gasteiger partial charge is 0.266 e. The van der Waals surface area contributed by atoms with Crippen LogP contribution in [0.3, 0.4) is 0 Å². The zero-order chi connectivity index (χ0) is 11.1. The minimum absolute atomic E-state index is 0.431. The molecule has 0 saturated heterocycles. The van der Waals surface area contributed by atoms with Crippen LogP contribution in [-0.4, -0.2) is 43.8 Å². The van der Waals surface area contributed by atoms with E-state index in [2.05, 4.69) is 9.68 Å². The van der Waals surface area contributed by atoms with Crippen molar-refractivity contribution in [2.75, 3.05) is 0 Å². The van der Waals surface area contributed by atoms with Crippen molar-refractivity contribution in [1.29, 1.82) is 0 Å². The van der Waals surface area contributed by atoms with Crippen LogP contribution < -0.4 is 0 Å². The maximum absolute atomic E-state index is 8.40. The SMILES string of the molecule is CCC[C@@H](ON(O)O)[C@@H](C)ON(O)O. The molecule has 0 saturated carbocycles. The second-order valence-corrected chi connectivity index (χ2v) is 2.75. The highest BCUT2D eigenvalue weighted by atomic mass is 17.1. The molecule has 0 aromatic rings. The highest BCUT2D eigenvalue weighted by Gasteiger charge is 2.22. The average Bonchev–Trinajstić information content (AvgIpc) is 2.01. The van der Waals surface area contributed by atoms with E-state index in [0.717, 1.165) is 0 Å². The molecular weight excluding hydrogens is 196 g/mol. The summed E-state index contributed by atoms with van der Waals surface area (Å²) < 4.78 is 0. The molecule has 14 heavy (non-hydrogen) atoms. The highest BCUT2D eigenvalue weighted by Crippen LogP contribution is 2.11. The van der Waals surface area contributed by atoms with Crippen molar-refractivity contribution in [1.82, 2.24) is 10.8 Å². The van der Waals surface area contributed by atoms with Gasteiger partial charge in [0.1, 0.15) is 12.2 Å². The zero-order valence-electron chi connectivity index (χ0n) is 8.07. The van der Waals surface area contributed by atoms with Crippen LogP contribution in [0.25, 0.3) is 0 Å². The van der Waals surface area contributed by atoms with Gasteiger partial charge < -0.3 is 0 Å². The second kappa shape index (κ2) is 7.04. The van der Waals surface area contributed by atoms with Crippen molar-refractivity contribution in [2.24, 2.45) is 0 Å². The maximum atomic E-state index is 8.40. The van der Waals surface area contributed by atoms with Crippen LogP contribution in [0.4, 0.5) is 0 Å². The molecule has 0 aromatic carbocycles. The van der Waals surface area contributed by atoms with Gasteiger partial charge in [0, 0.05) is 0 Å². The van der Waals surface area contributed by atoms with Gasteiger partial charge in [0.25, 0.3) is 0 Å². The van der Waals surface area contributed by atoms with Crippen molar-refractivity contribution >= 4 is 0 Å². The Bertz CT molecular complexity index is 144. The molecule has 0 rings (SSSR count). The van der Waals surface area contributed by atoms with E-state index in [-0.39, 0.29) is 0 Å². The van der Waals surface area contributed by atoms with Crippen molar-refractivity contribution < 1.29 is 30.5 Å². The third-order valence-corrected chi connectivity index (χ3v) is 1.59. The van der Waals surface area contributed by atoms with Gasteiger partial charge in [-0.25, -0.2) is 9.68 Å². The van der Waals surface area contributed by atoms with E-state index in [4.69, 9.17) is 20.8 Å². The summed E-state index contributed by atoms with van der Waals surface area (Å²) in [7, 11) is 0. The van der Waals surface area contributed by atoms with Gasteiger partial charge in [-0.15, -0.1) is 0 Å². The molecule has 0 unspecified atom stereocenters. The molecule has 0 heterocycles. The Labute approximate surface area is 81.2 Å². The third kappa shape index (κ3) is 6.18. The topological polar surface area (TPSA) is 106 Å². The number of rotatable bonds is 7. The summed E-state index contributed by atoms with van der Waals surface area (Å²) in [5, 5.41) is 32.6.